The summed E-state index contributed by atoms with van der Waals surface area (Å²) in [5, 5.41) is 7.85. The number of nitrogens with zero attached hydrogens (tertiary/aromatic N) is 1. The molecule has 0 saturated carbocycles. The minimum absolute atomic E-state index is 0.0789. The largest absolute Gasteiger partial charge is 0.350 e. The number of hydrogen-bond acceptors (Lipinski definition) is 3. The summed E-state index contributed by atoms with van der Waals surface area (Å²) in [5.74, 6) is -0.269. The molecule has 0 unspecified atom stereocenters. The Hall–Kier alpha value is -2.12. The normalized spacial score (nSPS) is 12.8. The van der Waals surface area contributed by atoms with Crippen LogP contribution in [-0.2, 0) is 27.1 Å². The van der Waals surface area contributed by atoms with E-state index in [9.17, 15) is 13.2 Å². The van der Waals surface area contributed by atoms with Crippen molar-refractivity contribution in [1.82, 2.24) is 9.88 Å². The Bertz CT molecular complexity index is 722. The molecule has 7 heteroatoms. The second-order valence-corrected chi connectivity index (χ2v) is 6.76. The quantitative estimate of drug-likeness (QED) is 0.835. The van der Waals surface area contributed by atoms with Crippen molar-refractivity contribution in [2.75, 3.05) is 0 Å². The summed E-state index contributed by atoms with van der Waals surface area (Å²) in [6.45, 7) is 2.21. The summed E-state index contributed by atoms with van der Waals surface area (Å²) in [4.78, 5) is 12.0. The summed E-state index contributed by atoms with van der Waals surface area (Å²) in [6.07, 6.45) is 3.68. The number of carbonyl (C=O) groups excluding carboxylic acids is 1. The summed E-state index contributed by atoms with van der Waals surface area (Å²) in [7, 11) is -3.52. The van der Waals surface area contributed by atoms with Crippen LogP contribution in [0.2, 0.25) is 0 Å². The second kappa shape index (κ2) is 6.76. The van der Waals surface area contributed by atoms with Gasteiger partial charge in [-0.3, -0.25) is 4.79 Å². The van der Waals surface area contributed by atoms with E-state index in [0.717, 1.165) is 5.56 Å². The highest BCUT2D eigenvalue weighted by Crippen LogP contribution is 2.09. The van der Waals surface area contributed by atoms with Crippen molar-refractivity contribution < 1.29 is 13.2 Å². The predicted octanol–water partition coefficient (Wildman–Crippen LogP) is 1.15. The van der Waals surface area contributed by atoms with E-state index in [1.54, 1.807) is 24.3 Å². The summed E-state index contributed by atoms with van der Waals surface area (Å²) < 4.78 is 23.8. The third kappa shape index (κ3) is 4.71. The van der Waals surface area contributed by atoms with Gasteiger partial charge < -0.3 is 9.88 Å². The van der Waals surface area contributed by atoms with Crippen molar-refractivity contribution in [3.05, 3.63) is 59.9 Å². The molecule has 118 valence electrons. The lowest BCUT2D eigenvalue weighted by Crippen LogP contribution is -2.30. The van der Waals surface area contributed by atoms with Gasteiger partial charge >= 0.3 is 0 Å². The number of hydrogen-bond donors (Lipinski definition) is 2. The lowest BCUT2D eigenvalue weighted by atomic mass is 10.1. The van der Waals surface area contributed by atoms with E-state index in [-0.39, 0.29) is 17.7 Å². The topological polar surface area (TPSA) is 94.2 Å². The molecule has 0 fully saturated rings. The van der Waals surface area contributed by atoms with Crippen LogP contribution in [0.15, 0.2) is 48.8 Å². The predicted molar refractivity (Wildman–Crippen MR) is 84.2 cm³/mol. The van der Waals surface area contributed by atoms with E-state index in [2.05, 4.69) is 5.32 Å². The maximum absolute atomic E-state index is 12.0. The Morgan fingerprint density at radius 2 is 1.73 bits per heavy atom. The molecule has 3 N–H and O–H groups in total. The number of carbonyl (C=O) groups is 1. The molecule has 0 aliphatic heterocycles. The second-order valence-electron chi connectivity index (χ2n) is 5.15. The summed E-state index contributed by atoms with van der Waals surface area (Å²) in [5.41, 5.74) is 1.52. The molecule has 1 aromatic heterocycles. The summed E-state index contributed by atoms with van der Waals surface area (Å²) in [6, 6.07) is 10.4. The molecular weight excluding hydrogens is 302 g/mol. The standard InChI is InChI=1S/C15H19N3O3S/c1-12(18-8-2-3-9-18)15(19)17-10-13-4-6-14(7-5-13)11-22(16,20)21/h2-9,12H,10-11H2,1H3,(H,17,19)(H2,16,20,21)/t12-/m0/s1. The number of amides is 1. The van der Waals surface area contributed by atoms with Crippen molar-refractivity contribution in [3.63, 3.8) is 0 Å². The van der Waals surface area contributed by atoms with Crippen molar-refractivity contribution in [2.24, 2.45) is 5.14 Å². The van der Waals surface area contributed by atoms with Crippen LogP contribution in [0.25, 0.3) is 0 Å². The van der Waals surface area contributed by atoms with Crippen LogP contribution >= 0.6 is 0 Å². The number of rotatable bonds is 6. The van der Waals surface area contributed by atoms with E-state index in [1.807, 2.05) is 36.0 Å². The van der Waals surface area contributed by atoms with Crippen molar-refractivity contribution >= 4 is 15.9 Å². The lowest BCUT2D eigenvalue weighted by Gasteiger charge is -2.14. The van der Waals surface area contributed by atoms with Gasteiger partial charge in [-0.05, 0) is 30.2 Å². The Morgan fingerprint density at radius 3 is 2.27 bits per heavy atom. The van der Waals surface area contributed by atoms with Crippen molar-refractivity contribution in [2.45, 2.75) is 25.3 Å². The summed E-state index contributed by atoms with van der Waals surface area (Å²) >= 11 is 0. The highest BCUT2D eigenvalue weighted by molar-refractivity contribution is 7.88. The molecule has 0 aliphatic carbocycles. The van der Waals surface area contributed by atoms with Crippen LogP contribution in [0.5, 0.6) is 0 Å². The van der Waals surface area contributed by atoms with Gasteiger partial charge in [-0.25, -0.2) is 13.6 Å². The maximum Gasteiger partial charge on any atom is 0.243 e. The van der Waals surface area contributed by atoms with E-state index in [1.165, 1.54) is 0 Å². The van der Waals surface area contributed by atoms with Crippen LogP contribution in [0.3, 0.4) is 0 Å². The first kappa shape index (κ1) is 16.3. The van der Waals surface area contributed by atoms with Gasteiger partial charge in [-0.2, -0.15) is 0 Å². The number of benzene rings is 1. The fourth-order valence-electron chi connectivity index (χ4n) is 2.06. The van der Waals surface area contributed by atoms with Gasteiger partial charge in [0.25, 0.3) is 0 Å². The number of nitrogens with one attached hydrogen (secondary N) is 1. The first-order valence-electron chi connectivity index (χ1n) is 6.83. The molecule has 6 nitrogen and oxygen atoms in total. The molecule has 0 radical (unpaired) electrons. The number of nitrogens with two attached hydrogens (primary N) is 1. The molecule has 0 bridgehead atoms. The number of primary sulfonamides is 1. The molecular formula is C15H19N3O3S. The Morgan fingerprint density at radius 1 is 1.18 bits per heavy atom. The van der Waals surface area contributed by atoms with E-state index < -0.39 is 10.0 Å². The van der Waals surface area contributed by atoms with Crippen LogP contribution in [-0.4, -0.2) is 18.9 Å². The molecule has 1 atom stereocenters. The van der Waals surface area contributed by atoms with Crippen LogP contribution in [0, 0.1) is 0 Å². The highest BCUT2D eigenvalue weighted by Gasteiger charge is 2.13. The third-order valence-electron chi connectivity index (χ3n) is 3.31. The Labute approximate surface area is 130 Å². The van der Waals surface area contributed by atoms with Gasteiger partial charge in [0.05, 0.1) is 5.75 Å². The average molecular weight is 321 g/mol. The van der Waals surface area contributed by atoms with E-state index >= 15 is 0 Å². The maximum atomic E-state index is 12.0. The van der Waals surface area contributed by atoms with Crippen LogP contribution < -0.4 is 10.5 Å². The Balaban J connectivity index is 1.90. The monoisotopic (exact) mass is 321 g/mol. The fourth-order valence-corrected chi connectivity index (χ4v) is 2.72. The molecule has 2 rings (SSSR count). The van der Waals surface area contributed by atoms with Gasteiger partial charge in [0, 0.05) is 18.9 Å². The minimum atomic E-state index is -3.52. The zero-order chi connectivity index (χ0) is 16.2. The van der Waals surface area contributed by atoms with E-state index in [4.69, 9.17) is 5.14 Å². The smallest absolute Gasteiger partial charge is 0.243 e. The fraction of sp³-hybridized carbons (Fsp3) is 0.267. The highest BCUT2D eigenvalue weighted by atomic mass is 32.2. The van der Waals surface area contributed by atoms with E-state index in [0.29, 0.717) is 12.1 Å². The zero-order valence-electron chi connectivity index (χ0n) is 12.3. The number of aromatic nitrogens is 1. The van der Waals surface area contributed by atoms with Gasteiger partial charge in [0.2, 0.25) is 15.9 Å². The third-order valence-corrected chi connectivity index (χ3v) is 4.05. The van der Waals surface area contributed by atoms with Crippen molar-refractivity contribution in [1.29, 1.82) is 0 Å². The SMILES string of the molecule is C[C@@H](C(=O)NCc1ccc(CS(N)(=O)=O)cc1)n1cccc1. The minimum Gasteiger partial charge on any atom is -0.350 e. The molecule has 0 spiro atoms. The zero-order valence-corrected chi connectivity index (χ0v) is 13.1. The molecule has 0 saturated heterocycles. The van der Waals surface area contributed by atoms with Crippen LogP contribution in [0.4, 0.5) is 0 Å². The Kier molecular flexibility index (Phi) is 4.99. The van der Waals surface area contributed by atoms with Gasteiger partial charge in [0.1, 0.15) is 6.04 Å². The molecule has 2 aromatic rings. The van der Waals surface area contributed by atoms with Gasteiger partial charge in [0.15, 0.2) is 0 Å². The average Bonchev–Trinajstić information content (AvgIpc) is 2.98. The van der Waals surface area contributed by atoms with Crippen molar-refractivity contribution in [3.8, 4) is 0 Å². The van der Waals surface area contributed by atoms with Crippen LogP contribution in [0.1, 0.15) is 24.1 Å². The molecule has 1 aromatic carbocycles. The lowest BCUT2D eigenvalue weighted by molar-refractivity contribution is -0.124. The first-order chi connectivity index (χ1) is 10.3. The first-order valence-corrected chi connectivity index (χ1v) is 8.55. The van der Waals surface area contributed by atoms with Gasteiger partial charge in [-0.15, -0.1) is 0 Å². The molecule has 1 amide bonds. The molecule has 22 heavy (non-hydrogen) atoms. The molecule has 0 aliphatic rings. The van der Waals surface area contributed by atoms with Gasteiger partial charge in [-0.1, -0.05) is 24.3 Å². The molecule has 1 heterocycles. The number of sulfonamides is 1.